The van der Waals surface area contributed by atoms with Crippen molar-refractivity contribution in [3.8, 4) is 0 Å². The molecule has 2 amide bonds. The Bertz CT molecular complexity index is 897. The maximum Gasteiger partial charge on any atom is 0.328 e. The molecule has 7 N–H and O–H groups in total. The number of amides is 2. The molecule has 2 aromatic rings. The van der Waals surface area contributed by atoms with E-state index in [0.29, 0.717) is 6.42 Å². The molecule has 166 valence electrons. The normalized spacial score (nSPS) is 13.7. The summed E-state index contributed by atoms with van der Waals surface area (Å²) in [4.78, 5) is 36.1. The van der Waals surface area contributed by atoms with Crippen molar-refractivity contribution in [2.75, 3.05) is 6.54 Å². The van der Waals surface area contributed by atoms with Crippen LogP contribution in [0.4, 0.5) is 0 Å². The molecule has 31 heavy (non-hydrogen) atoms. The van der Waals surface area contributed by atoms with Crippen LogP contribution >= 0.6 is 0 Å². The van der Waals surface area contributed by atoms with E-state index in [9.17, 15) is 19.5 Å². The first kappa shape index (κ1) is 24.0. The van der Waals surface area contributed by atoms with E-state index in [2.05, 4.69) is 10.6 Å². The minimum absolute atomic E-state index is 0.270. The van der Waals surface area contributed by atoms with Crippen LogP contribution in [0.5, 0.6) is 0 Å². The average Bonchev–Trinajstić information content (AvgIpc) is 2.73. The summed E-state index contributed by atoms with van der Waals surface area (Å²) in [7, 11) is 0. The lowest BCUT2D eigenvalue weighted by Gasteiger charge is -2.19. The van der Waals surface area contributed by atoms with Gasteiger partial charge in [-0.25, -0.2) is 4.79 Å². The van der Waals surface area contributed by atoms with Gasteiger partial charge >= 0.3 is 5.97 Å². The number of benzene rings is 2. The molecule has 0 heterocycles. The van der Waals surface area contributed by atoms with Gasteiger partial charge in [0.25, 0.3) is 0 Å². The van der Waals surface area contributed by atoms with Gasteiger partial charge in [-0.1, -0.05) is 59.7 Å². The Morgan fingerprint density at radius 1 is 0.806 bits per heavy atom. The van der Waals surface area contributed by atoms with Crippen LogP contribution in [0, 0.1) is 13.8 Å². The molecule has 0 fully saturated rings. The number of carbonyl (C=O) groups excluding carboxylic acids is 2. The predicted octanol–water partition coefficient (Wildman–Crippen LogP) is 0.429. The largest absolute Gasteiger partial charge is 0.480 e. The highest BCUT2D eigenvalue weighted by Gasteiger charge is 2.25. The van der Waals surface area contributed by atoms with Crippen LogP contribution in [0.25, 0.3) is 0 Å². The SMILES string of the molecule is Cc1ccc(C[C@H](N)C(=O)NC[C@H](NC(=O)[C@@H](N)Cc2ccc(C)cc2)C(=O)O)cc1. The first-order valence-electron chi connectivity index (χ1n) is 10.1. The molecule has 0 spiro atoms. The fraction of sp³-hybridized carbons (Fsp3) is 0.348. The van der Waals surface area contributed by atoms with Crippen LogP contribution in [0.15, 0.2) is 48.5 Å². The van der Waals surface area contributed by atoms with Crippen molar-refractivity contribution in [3.63, 3.8) is 0 Å². The van der Waals surface area contributed by atoms with Crippen LogP contribution < -0.4 is 22.1 Å². The Balaban J connectivity index is 1.86. The van der Waals surface area contributed by atoms with Crippen LogP contribution in [-0.2, 0) is 27.2 Å². The molecule has 8 nitrogen and oxygen atoms in total. The molecular formula is C23H30N4O4. The number of nitrogens with one attached hydrogen (secondary N) is 2. The number of hydrogen-bond acceptors (Lipinski definition) is 5. The molecular weight excluding hydrogens is 396 g/mol. The fourth-order valence-electron chi connectivity index (χ4n) is 2.95. The highest BCUT2D eigenvalue weighted by Crippen LogP contribution is 2.07. The summed E-state index contributed by atoms with van der Waals surface area (Å²) in [5.41, 5.74) is 15.8. The van der Waals surface area contributed by atoms with Crippen molar-refractivity contribution < 1.29 is 19.5 Å². The van der Waals surface area contributed by atoms with Gasteiger partial charge in [0.05, 0.1) is 12.1 Å². The van der Waals surface area contributed by atoms with Gasteiger partial charge in [-0.05, 0) is 37.8 Å². The summed E-state index contributed by atoms with van der Waals surface area (Å²) in [6.45, 7) is 3.62. The topological polar surface area (TPSA) is 148 Å². The van der Waals surface area contributed by atoms with E-state index in [1.165, 1.54) is 0 Å². The van der Waals surface area contributed by atoms with Crippen molar-refractivity contribution in [2.45, 2.75) is 44.8 Å². The van der Waals surface area contributed by atoms with Gasteiger partial charge in [-0.15, -0.1) is 0 Å². The summed E-state index contributed by atoms with van der Waals surface area (Å²) >= 11 is 0. The van der Waals surface area contributed by atoms with Crippen LogP contribution in [0.2, 0.25) is 0 Å². The molecule has 0 aliphatic rings. The molecule has 0 aromatic heterocycles. The zero-order valence-electron chi connectivity index (χ0n) is 17.8. The lowest BCUT2D eigenvalue weighted by Crippen LogP contribution is -2.54. The van der Waals surface area contributed by atoms with E-state index in [-0.39, 0.29) is 13.0 Å². The Morgan fingerprint density at radius 2 is 1.23 bits per heavy atom. The zero-order chi connectivity index (χ0) is 23.0. The van der Waals surface area contributed by atoms with E-state index in [1.807, 2.05) is 62.4 Å². The number of nitrogens with two attached hydrogens (primary N) is 2. The van der Waals surface area contributed by atoms with Crippen molar-refractivity contribution in [3.05, 3.63) is 70.8 Å². The van der Waals surface area contributed by atoms with Crippen LogP contribution in [0.3, 0.4) is 0 Å². The number of hydrogen-bond donors (Lipinski definition) is 5. The van der Waals surface area contributed by atoms with Crippen molar-refractivity contribution >= 4 is 17.8 Å². The van der Waals surface area contributed by atoms with Gasteiger partial charge in [0.1, 0.15) is 6.04 Å². The summed E-state index contributed by atoms with van der Waals surface area (Å²) < 4.78 is 0. The molecule has 8 heteroatoms. The monoisotopic (exact) mass is 426 g/mol. The minimum Gasteiger partial charge on any atom is -0.480 e. The van der Waals surface area contributed by atoms with Crippen LogP contribution in [-0.4, -0.2) is 47.6 Å². The first-order chi connectivity index (χ1) is 14.7. The molecule has 0 radical (unpaired) electrons. The molecule has 0 saturated heterocycles. The van der Waals surface area contributed by atoms with E-state index >= 15 is 0 Å². The van der Waals surface area contributed by atoms with Crippen molar-refractivity contribution in [1.29, 1.82) is 0 Å². The zero-order valence-corrected chi connectivity index (χ0v) is 17.8. The standard InChI is InChI=1S/C23H30N4O4/c1-14-3-7-16(8-4-14)11-18(24)21(28)26-13-20(23(30)31)27-22(29)19(25)12-17-9-5-15(2)6-10-17/h3-10,18-20H,11-13,24-25H2,1-2H3,(H,26,28)(H,27,29)(H,30,31)/t18-,19-,20-/m0/s1. The minimum atomic E-state index is -1.31. The quantitative estimate of drug-likeness (QED) is 0.372. The molecule has 2 aromatic carbocycles. The summed E-state index contributed by atoms with van der Waals surface area (Å²) in [6.07, 6.45) is 0.587. The fourth-order valence-corrected chi connectivity index (χ4v) is 2.95. The third kappa shape index (κ3) is 7.84. The second-order valence-corrected chi connectivity index (χ2v) is 7.74. The lowest BCUT2D eigenvalue weighted by atomic mass is 10.0. The Morgan fingerprint density at radius 3 is 1.65 bits per heavy atom. The van der Waals surface area contributed by atoms with Crippen LogP contribution in [0.1, 0.15) is 22.3 Å². The molecule has 0 bridgehead atoms. The molecule has 0 aliphatic carbocycles. The third-order valence-electron chi connectivity index (χ3n) is 4.92. The van der Waals surface area contributed by atoms with Gasteiger partial charge in [-0.3, -0.25) is 9.59 Å². The van der Waals surface area contributed by atoms with Gasteiger partial charge in [-0.2, -0.15) is 0 Å². The van der Waals surface area contributed by atoms with E-state index in [4.69, 9.17) is 11.5 Å². The number of aryl methyl sites for hydroxylation is 2. The maximum atomic E-state index is 12.3. The Labute approximate surface area is 182 Å². The highest BCUT2D eigenvalue weighted by atomic mass is 16.4. The van der Waals surface area contributed by atoms with Gasteiger partial charge in [0.2, 0.25) is 11.8 Å². The highest BCUT2D eigenvalue weighted by molar-refractivity contribution is 5.88. The Kier molecular flexibility index (Phi) is 8.72. The van der Waals surface area contributed by atoms with Crippen molar-refractivity contribution in [2.24, 2.45) is 11.5 Å². The van der Waals surface area contributed by atoms with Gasteiger partial charge in [0.15, 0.2) is 0 Å². The number of carboxylic acid groups (broad SMARTS) is 1. The number of carbonyl (C=O) groups is 3. The molecule has 0 saturated carbocycles. The van der Waals surface area contributed by atoms with E-state index in [1.54, 1.807) is 0 Å². The number of aliphatic carboxylic acids is 1. The molecule has 0 aliphatic heterocycles. The summed E-state index contributed by atoms with van der Waals surface area (Å²) in [5, 5.41) is 14.3. The average molecular weight is 427 g/mol. The lowest BCUT2D eigenvalue weighted by molar-refractivity contribution is -0.142. The first-order valence-corrected chi connectivity index (χ1v) is 10.1. The molecule has 3 atom stereocenters. The third-order valence-corrected chi connectivity index (χ3v) is 4.92. The second-order valence-electron chi connectivity index (χ2n) is 7.74. The Hall–Kier alpha value is -3.23. The smallest absolute Gasteiger partial charge is 0.328 e. The molecule has 2 rings (SSSR count). The van der Waals surface area contributed by atoms with Crippen molar-refractivity contribution in [1.82, 2.24) is 10.6 Å². The predicted molar refractivity (Wildman–Crippen MR) is 118 cm³/mol. The number of rotatable bonds is 10. The van der Waals surface area contributed by atoms with Gasteiger partial charge in [0, 0.05) is 6.54 Å². The van der Waals surface area contributed by atoms with E-state index in [0.717, 1.165) is 22.3 Å². The summed E-state index contributed by atoms with van der Waals surface area (Å²) in [6, 6.07) is 12.1. The maximum absolute atomic E-state index is 12.3. The molecule has 0 unspecified atom stereocenters. The van der Waals surface area contributed by atoms with E-state index < -0.39 is 35.9 Å². The number of carboxylic acids is 1. The summed E-state index contributed by atoms with van der Waals surface area (Å²) in [5.74, 6) is -2.38. The second kappa shape index (κ2) is 11.2. The van der Waals surface area contributed by atoms with Gasteiger partial charge < -0.3 is 27.2 Å².